The van der Waals surface area contributed by atoms with Crippen molar-refractivity contribution in [1.82, 2.24) is 0 Å². The van der Waals surface area contributed by atoms with E-state index in [4.69, 9.17) is 26.0 Å². The monoisotopic (exact) mass is 688 g/mol. The summed E-state index contributed by atoms with van der Waals surface area (Å²) in [4.78, 5) is 0.653. The van der Waals surface area contributed by atoms with Gasteiger partial charge in [0.25, 0.3) is 0 Å². The van der Waals surface area contributed by atoms with Gasteiger partial charge in [-0.2, -0.15) is 0 Å². The van der Waals surface area contributed by atoms with Gasteiger partial charge in [-0.05, 0) is 87.4 Å². The minimum Gasteiger partial charge on any atom is -0.309 e. The first-order valence-electron chi connectivity index (χ1n) is 28.7. The standard InChI is InChI=1S/C46H29NS2/c1-2-9-30(10-3-1)32-17-19-35-28-33(18-20-34(35)27-32)31-21-23-36(24-22-31)47(37-25-26-40-38-11-4-6-15-43(38)48-45(40)29-37)42-14-8-13-41-39-12-5-7-16-44(39)49-46(41)42/h1-29H/i1D,2D,3D,4D,5D,6D,7D,8D,9D,10D,11D,12D,13D,14D,15D,16D,17D,18D,19D,20D,21D,22D,23D,24D,25D,26D,27D,28D,29D. The van der Waals surface area contributed by atoms with Crippen molar-refractivity contribution in [2.24, 2.45) is 0 Å². The van der Waals surface area contributed by atoms with E-state index in [9.17, 15) is 13.7 Å². The molecule has 230 valence electrons. The molecule has 2 aromatic heterocycles. The van der Waals surface area contributed by atoms with Gasteiger partial charge in [0.2, 0.25) is 0 Å². The van der Waals surface area contributed by atoms with Crippen molar-refractivity contribution in [3.05, 3.63) is 175 Å². The van der Waals surface area contributed by atoms with Crippen LogP contribution in [0.3, 0.4) is 0 Å². The maximum atomic E-state index is 9.77. The first-order valence-corrected chi connectivity index (χ1v) is 15.9. The molecule has 0 amide bonds. The quantitative estimate of drug-likeness (QED) is 0.174. The minimum absolute atomic E-state index is 0.143. The zero-order valence-corrected chi connectivity index (χ0v) is 25.9. The highest BCUT2D eigenvalue weighted by Gasteiger charge is 2.19. The highest BCUT2D eigenvalue weighted by atomic mass is 32.1. The lowest BCUT2D eigenvalue weighted by Gasteiger charge is -2.26. The van der Waals surface area contributed by atoms with Gasteiger partial charge < -0.3 is 4.90 Å². The van der Waals surface area contributed by atoms with Gasteiger partial charge in [-0.25, -0.2) is 0 Å². The Hall–Kier alpha value is -5.74. The van der Waals surface area contributed by atoms with E-state index in [1.165, 1.54) is 0 Å². The Bertz CT molecular complexity index is 4450. The molecule has 2 heterocycles. The number of thiophene rings is 2. The Kier molecular flexibility index (Phi) is 2.73. The van der Waals surface area contributed by atoms with Crippen LogP contribution in [0.2, 0.25) is 0 Å². The van der Waals surface area contributed by atoms with Crippen molar-refractivity contribution in [2.75, 3.05) is 4.90 Å². The molecule has 0 fully saturated rings. The van der Waals surface area contributed by atoms with E-state index in [1.807, 2.05) is 0 Å². The van der Waals surface area contributed by atoms with Gasteiger partial charge in [-0.1, -0.05) is 121 Å². The summed E-state index contributed by atoms with van der Waals surface area (Å²) in [5.74, 6) is 0. The summed E-state index contributed by atoms with van der Waals surface area (Å²) in [6.45, 7) is 0. The molecule has 8 aromatic carbocycles. The van der Waals surface area contributed by atoms with Gasteiger partial charge in [0, 0.05) is 47.0 Å². The van der Waals surface area contributed by atoms with Gasteiger partial charge in [0.1, 0.15) is 0 Å². The molecular formula is C46H29NS2. The molecule has 0 N–H and O–H groups in total. The van der Waals surface area contributed by atoms with Crippen LogP contribution >= 0.6 is 22.7 Å². The van der Waals surface area contributed by atoms with E-state index in [0.29, 0.717) is 27.6 Å². The summed E-state index contributed by atoms with van der Waals surface area (Å²) in [7, 11) is 0. The maximum Gasteiger partial charge on any atom is 0.0660 e. The summed E-state index contributed by atoms with van der Waals surface area (Å²) in [6.07, 6.45) is 0. The predicted octanol–water partition coefficient (Wildman–Crippen LogP) is 14.4. The molecule has 0 atom stereocenters. The number of hydrogen-bond donors (Lipinski definition) is 0. The molecule has 0 aliphatic carbocycles. The average molecular weight is 689 g/mol. The number of benzene rings is 8. The molecule has 10 rings (SSSR count). The molecule has 0 saturated carbocycles. The lowest BCUT2D eigenvalue weighted by molar-refractivity contribution is 1.31. The van der Waals surface area contributed by atoms with Crippen LogP contribution in [0, 0.1) is 0 Å². The van der Waals surface area contributed by atoms with Crippen LogP contribution in [0.15, 0.2) is 175 Å². The van der Waals surface area contributed by atoms with Crippen molar-refractivity contribution in [1.29, 1.82) is 0 Å². The van der Waals surface area contributed by atoms with E-state index in [0.717, 1.165) is 0 Å². The number of rotatable bonds is 5. The summed E-state index contributed by atoms with van der Waals surface area (Å²) in [5.41, 5.74) is -5.59. The van der Waals surface area contributed by atoms with Crippen LogP contribution in [0.1, 0.15) is 39.8 Å². The second-order valence-corrected chi connectivity index (χ2v) is 12.3. The van der Waals surface area contributed by atoms with Crippen LogP contribution in [0.5, 0.6) is 0 Å². The van der Waals surface area contributed by atoms with Gasteiger partial charge in [0.05, 0.1) is 50.1 Å². The first kappa shape index (κ1) is 11.7. The Balaban J connectivity index is 1.35. The van der Waals surface area contributed by atoms with Gasteiger partial charge in [-0.3, -0.25) is 0 Å². The Morgan fingerprint density at radius 3 is 1.65 bits per heavy atom. The Morgan fingerprint density at radius 2 is 0.918 bits per heavy atom. The van der Waals surface area contributed by atoms with E-state index < -0.39 is 225 Å². The third-order valence-corrected chi connectivity index (χ3v) is 9.58. The normalized spacial score (nSPS) is 20.0. The number of anilines is 3. The largest absolute Gasteiger partial charge is 0.309 e. The molecule has 0 aliphatic heterocycles. The van der Waals surface area contributed by atoms with Crippen molar-refractivity contribution >= 4 is 90.9 Å². The highest BCUT2D eigenvalue weighted by Crippen LogP contribution is 2.46. The number of fused-ring (bicyclic) bond motifs is 7. The fourth-order valence-corrected chi connectivity index (χ4v) is 7.27. The van der Waals surface area contributed by atoms with E-state index >= 15 is 0 Å². The lowest BCUT2D eigenvalue weighted by Crippen LogP contribution is -2.09. The molecule has 0 saturated heterocycles. The topological polar surface area (TPSA) is 3.24 Å². The minimum atomic E-state index is -1.15. The number of hydrogen-bond acceptors (Lipinski definition) is 3. The molecule has 0 aliphatic rings. The van der Waals surface area contributed by atoms with E-state index in [1.54, 1.807) is 0 Å². The molecular weight excluding hydrogens is 631 g/mol. The lowest BCUT2D eigenvalue weighted by atomic mass is 9.97. The maximum absolute atomic E-state index is 9.77. The SMILES string of the molecule is [2H]c1c([2H])c([2H])c(-c2c([2H])c([2H])c3c([2H])c(-c4c([2H])c([2H])c(N(c5c([2H])c([2H])c6c(sc7c([2H])c([2H])c([2H])c([2H])c76)c5[2H])c5c([2H])c([2H])c([2H])c6c5sc5c([2H])c([2H])c([2H])c([2H])c56)c([2H])c4[2H])c([2H])c([2H])c3c2[2H])c([2H])c1[2H]. The first-order chi connectivity index (χ1) is 36.4. The van der Waals surface area contributed by atoms with Crippen molar-refractivity contribution < 1.29 is 39.8 Å². The second kappa shape index (κ2) is 11.5. The molecule has 49 heavy (non-hydrogen) atoms. The summed E-state index contributed by atoms with van der Waals surface area (Å²) < 4.78 is 259. The summed E-state index contributed by atoms with van der Waals surface area (Å²) in [6, 6.07) is -25.1. The predicted molar refractivity (Wildman–Crippen MR) is 215 cm³/mol. The fraction of sp³-hybridized carbons (Fsp3) is 0. The molecule has 0 radical (unpaired) electrons. The Labute approximate surface area is 333 Å². The van der Waals surface area contributed by atoms with Crippen LogP contribution < -0.4 is 4.90 Å². The van der Waals surface area contributed by atoms with Crippen LogP contribution in [-0.2, 0) is 0 Å². The third-order valence-electron chi connectivity index (χ3n) is 7.45. The second-order valence-electron chi connectivity index (χ2n) is 10.3. The van der Waals surface area contributed by atoms with Crippen LogP contribution in [-0.4, -0.2) is 0 Å². The Morgan fingerprint density at radius 1 is 0.367 bits per heavy atom. The van der Waals surface area contributed by atoms with E-state index in [-0.39, 0.29) is 40.3 Å². The average Bonchev–Trinajstić information content (AvgIpc) is 4.04. The zero-order chi connectivity index (χ0) is 57.5. The zero-order valence-electron chi connectivity index (χ0n) is 53.3. The molecule has 1 nitrogen and oxygen atoms in total. The summed E-state index contributed by atoms with van der Waals surface area (Å²) >= 11 is 1.16. The molecule has 3 heteroatoms. The van der Waals surface area contributed by atoms with Crippen LogP contribution in [0.25, 0.3) is 73.4 Å². The van der Waals surface area contributed by atoms with Gasteiger partial charge in [0.15, 0.2) is 0 Å². The van der Waals surface area contributed by atoms with E-state index in [2.05, 4.69) is 0 Å². The van der Waals surface area contributed by atoms with Gasteiger partial charge >= 0.3 is 0 Å². The smallest absolute Gasteiger partial charge is 0.0660 e. The fourth-order valence-electron chi connectivity index (χ4n) is 5.25. The third kappa shape index (κ3) is 4.82. The molecule has 0 spiro atoms. The number of nitrogens with zero attached hydrogens (tertiary/aromatic N) is 1. The summed E-state index contributed by atoms with van der Waals surface area (Å²) in [5, 5.41) is -2.59. The molecule has 0 bridgehead atoms. The van der Waals surface area contributed by atoms with Crippen LogP contribution in [0.4, 0.5) is 17.1 Å². The highest BCUT2D eigenvalue weighted by molar-refractivity contribution is 7.26. The van der Waals surface area contributed by atoms with Crippen molar-refractivity contribution in [3.8, 4) is 22.3 Å². The van der Waals surface area contributed by atoms with Gasteiger partial charge in [-0.15, -0.1) is 22.7 Å². The molecule has 10 aromatic rings. The van der Waals surface area contributed by atoms with Crippen molar-refractivity contribution in [3.63, 3.8) is 0 Å². The van der Waals surface area contributed by atoms with Crippen molar-refractivity contribution in [2.45, 2.75) is 0 Å². The molecule has 0 unspecified atom stereocenters.